The number of benzene rings is 1. The van der Waals surface area contributed by atoms with Crippen LogP contribution in [0, 0.1) is 6.92 Å². The molecule has 6 aromatic heterocycles. The molecule has 6 nitrogen and oxygen atoms in total. The Labute approximate surface area is 188 Å². The maximum absolute atomic E-state index is 4.36. The van der Waals surface area contributed by atoms with Crippen molar-refractivity contribution < 1.29 is 0 Å². The van der Waals surface area contributed by atoms with Gasteiger partial charge in [0.2, 0.25) is 0 Å². The molecule has 0 N–H and O–H groups in total. The number of aryl methyl sites for hydroxylation is 1. The lowest BCUT2D eigenvalue weighted by atomic mass is 10.1. The van der Waals surface area contributed by atoms with Crippen LogP contribution in [0.3, 0.4) is 0 Å². The van der Waals surface area contributed by atoms with E-state index in [2.05, 4.69) is 78.5 Å². The SMILES string of the molecule is Cc1cc(-n2c3ccncc3c3cnccc32)cc(-n2c3ccncc3c3cnccc32)c1. The molecule has 7 aromatic rings. The molecule has 0 fully saturated rings. The van der Waals surface area contributed by atoms with Gasteiger partial charge in [0.05, 0.1) is 22.1 Å². The number of hydrogen-bond acceptors (Lipinski definition) is 4. The zero-order valence-corrected chi connectivity index (χ0v) is 17.8. The van der Waals surface area contributed by atoms with E-state index in [1.807, 2.05) is 49.6 Å². The summed E-state index contributed by atoms with van der Waals surface area (Å²) in [7, 11) is 0. The van der Waals surface area contributed by atoms with Crippen molar-refractivity contribution in [3.63, 3.8) is 0 Å². The van der Waals surface area contributed by atoms with E-state index in [4.69, 9.17) is 0 Å². The lowest BCUT2D eigenvalue weighted by molar-refractivity contribution is 1.12. The van der Waals surface area contributed by atoms with Crippen LogP contribution in [0.15, 0.2) is 92.0 Å². The Bertz CT molecular complexity index is 1600. The average molecular weight is 426 g/mol. The molecule has 0 spiro atoms. The van der Waals surface area contributed by atoms with Crippen LogP contribution in [0.2, 0.25) is 0 Å². The third-order valence-electron chi connectivity index (χ3n) is 6.30. The first-order valence-electron chi connectivity index (χ1n) is 10.8. The molecular formula is C27H18N6. The summed E-state index contributed by atoms with van der Waals surface area (Å²) in [6.45, 7) is 2.14. The lowest BCUT2D eigenvalue weighted by Gasteiger charge is -2.14. The van der Waals surface area contributed by atoms with Crippen LogP contribution >= 0.6 is 0 Å². The highest BCUT2D eigenvalue weighted by molar-refractivity contribution is 6.09. The highest BCUT2D eigenvalue weighted by Gasteiger charge is 2.16. The molecule has 7 rings (SSSR count). The molecule has 156 valence electrons. The molecule has 0 saturated carbocycles. The van der Waals surface area contributed by atoms with Gasteiger partial charge in [-0.05, 0) is 55.0 Å². The molecular weight excluding hydrogens is 408 g/mol. The van der Waals surface area contributed by atoms with Gasteiger partial charge in [-0.25, -0.2) is 0 Å². The number of pyridine rings is 4. The summed E-state index contributed by atoms with van der Waals surface area (Å²) in [5.74, 6) is 0. The predicted molar refractivity (Wildman–Crippen MR) is 131 cm³/mol. The first-order chi connectivity index (χ1) is 16.3. The van der Waals surface area contributed by atoms with Crippen LogP contribution in [-0.4, -0.2) is 29.1 Å². The lowest BCUT2D eigenvalue weighted by Crippen LogP contribution is -2.00. The molecule has 0 radical (unpaired) electrons. The van der Waals surface area contributed by atoms with E-state index in [0.717, 1.165) is 55.0 Å². The zero-order chi connectivity index (χ0) is 21.9. The maximum atomic E-state index is 4.36. The van der Waals surface area contributed by atoms with Crippen molar-refractivity contribution >= 4 is 43.6 Å². The van der Waals surface area contributed by atoms with Crippen LogP contribution in [-0.2, 0) is 0 Å². The number of rotatable bonds is 2. The Morgan fingerprint density at radius 2 is 0.818 bits per heavy atom. The molecule has 1 aromatic carbocycles. The largest absolute Gasteiger partial charge is 0.309 e. The van der Waals surface area contributed by atoms with Crippen LogP contribution in [0.1, 0.15) is 5.56 Å². The normalized spacial score (nSPS) is 11.8. The van der Waals surface area contributed by atoms with Crippen molar-refractivity contribution in [2.75, 3.05) is 0 Å². The van der Waals surface area contributed by atoms with E-state index >= 15 is 0 Å². The van der Waals surface area contributed by atoms with E-state index in [1.165, 1.54) is 5.56 Å². The minimum Gasteiger partial charge on any atom is -0.309 e. The van der Waals surface area contributed by atoms with Crippen LogP contribution < -0.4 is 0 Å². The first kappa shape index (κ1) is 18.0. The van der Waals surface area contributed by atoms with Gasteiger partial charge in [0.25, 0.3) is 0 Å². The summed E-state index contributed by atoms with van der Waals surface area (Å²) in [4.78, 5) is 17.4. The maximum Gasteiger partial charge on any atom is 0.0572 e. The van der Waals surface area contributed by atoms with Crippen molar-refractivity contribution in [1.29, 1.82) is 0 Å². The third-order valence-corrected chi connectivity index (χ3v) is 6.30. The second-order valence-electron chi connectivity index (χ2n) is 8.27. The van der Waals surface area contributed by atoms with Crippen molar-refractivity contribution in [2.45, 2.75) is 6.92 Å². The molecule has 6 heteroatoms. The highest BCUT2D eigenvalue weighted by atomic mass is 15.0. The molecule has 0 aliphatic carbocycles. The topological polar surface area (TPSA) is 61.4 Å². The number of hydrogen-bond donors (Lipinski definition) is 0. The van der Waals surface area contributed by atoms with Gasteiger partial charge in [-0.1, -0.05) is 0 Å². The predicted octanol–water partition coefficient (Wildman–Crippen LogP) is 5.77. The summed E-state index contributed by atoms with van der Waals surface area (Å²) in [5, 5.41) is 4.38. The van der Waals surface area contributed by atoms with Crippen molar-refractivity contribution in [3.8, 4) is 11.4 Å². The second-order valence-corrected chi connectivity index (χ2v) is 8.27. The second kappa shape index (κ2) is 6.71. The van der Waals surface area contributed by atoms with Crippen LogP contribution in [0.5, 0.6) is 0 Å². The monoisotopic (exact) mass is 426 g/mol. The molecule has 0 aliphatic heterocycles. The van der Waals surface area contributed by atoms with Gasteiger partial charge in [0, 0.05) is 82.5 Å². The van der Waals surface area contributed by atoms with Crippen LogP contribution in [0.25, 0.3) is 55.0 Å². The Balaban J connectivity index is 1.58. The van der Waals surface area contributed by atoms with Gasteiger partial charge in [-0.2, -0.15) is 0 Å². The minimum absolute atomic E-state index is 1.10. The average Bonchev–Trinajstić information content (AvgIpc) is 3.37. The minimum atomic E-state index is 1.10. The van der Waals surface area contributed by atoms with E-state index in [1.54, 1.807) is 0 Å². The summed E-state index contributed by atoms with van der Waals surface area (Å²) < 4.78 is 4.59. The van der Waals surface area contributed by atoms with Gasteiger partial charge in [-0.3, -0.25) is 19.9 Å². The highest BCUT2D eigenvalue weighted by Crippen LogP contribution is 2.34. The van der Waals surface area contributed by atoms with Crippen molar-refractivity contribution in [3.05, 3.63) is 97.6 Å². The molecule has 6 heterocycles. The van der Waals surface area contributed by atoms with Gasteiger partial charge in [0.15, 0.2) is 0 Å². The fourth-order valence-corrected chi connectivity index (χ4v) is 4.98. The third kappa shape index (κ3) is 2.55. The van der Waals surface area contributed by atoms with E-state index < -0.39 is 0 Å². The standard InChI is InChI=1S/C27H18N6/c1-17-10-18(32-24-2-6-28-13-20(24)21-14-29-7-3-25(21)32)12-19(11-17)33-26-4-8-30-15-22(26)23-16-31-9-5-27(23)33/h2-16H,1H3. The van der Waals surface area contributed by atoms with Crippen LogP contribution in [0.4, 0.5) is 0 Å². The Morgan fingerprint density at radius 3 is 1.15 bits per heavy atom. The fourth-order valence-electron chi connectivity index (χ4n) is 4.98. The van der Waals surface area contributed by atoms with E-state index in [0.29, 0.717) is 0 Å². The molecule has 0 amide bonds. The molecule has 0 bridgehead atoms. The molecule has 0 atom stereocenters. The number of nitrogens with zero attached hydrogens (tertiary/aromatic N) is 6. The smallest absolute Gasteiger partial charge is 0.0572 e. The van der Waals surface area contributed by atoms with Gasteiger partial charge >= 0.3 is 0 Å². The zero-order valence-electron chi connectivity index (χ0n) is 17.8. The Hall–Kier alpha value is -4.58. The molecule has 0 unspecified atom stereocenters. The van der Waals surface area contributed by atoms with Crippen molar-refractivity contribution in [1.82, 2.24) is 29.1 Å². The van der Waals surface area contributed by atoms with Gasteiger partial charge in [0.1, 0.15) is 0 Å². The Morgan fingerprint density at radius 1 is 0.485 bits per heavy atom. The first-order valence-corrected chi connectivity index (χ1v) is 10.8. The quantitative estimate of drug-likeness (QED) is 0.352. The molecule has 33 heavy (non-hydrogen) atoms. The van der Waals surface area contributed by atoms with Gasteiger partial charge in [-0.15, -0.1) is 0 Å². The molecule has 0 saturated heterocycles. The van der Waals surface area contributed by atoms with Crippen molar-refractivity contribution in [2.24, 2.45) is 0 Å². The summed E-state index contributed by atoms with van der Waals surface area (Å²) in [6, 6.07) is 14.9. The summed E-state index contributed by atoms with van der Waals surface area (Å²) in [6.07, 6.45) is 15.0. The Kier molecular flexibility index (Phi) is 3.67. The van der Waals surface area contributed by atoms with E-state index in [-0.39, 0.29) is 0 Å². The fraction of sp³-hybridized carbons (Fsp3) is 0.0370. The summed E-state index contributed by atoms with van der Waals surface area (Å²) in [5.41, 5.74) is 7.82. The van der Waals surface area contributed by atoms with Gasteiger partial charge < -0.3 is 9.13 Å². The summed E-state index contributed by atoms with van der Waals surface area (Å²) >= 11 is 0. The number of fused-ring (bicyclic) bond motifs is 6. The molecule has 0 aliphatic rings. The number of aromatic nitrogens is 6. The van der Waals surface area contributed by atoms with E-state index in [9.17, 15) is 0 Å².